The fraction of sp³-hybridized carbons (Fsp3) is 0.625. The van der Waals surface area contributed by atoms with Gasteiger partial charge in [0.15, 0.2) is 0 Å². The predicted molar refractivity (Wildman–Crippen MR) is 76.1 cm³/mol. The topological polar surface area (TPSA) is 35.2 Å². The Hall–Kier alpha value is -0.860. The second kappa shape index (κ2) is 5.41. The Kier molecular flexibility index (Phi) is 4.08. The molecular weight excluding hydrogens is 222 g/mol. The largest absolute Gasteiger partial charge is 0.379 e. The normalized spacial score (nSPS) is 17.8. The van der Waals surface area contributed by atoms with Crippen molar-refractivity contribution in [2.75, 3.05) is 19.8 Å². The highest BCUT2D eigenvalue weighted by atomic mass is 16.5. The summed E-state index contributed by atoms with van der Waals surface area (Å²) in [4.78, 5) is 0. The molecule has 18 heavy (non-hydrogen) atoms. The van der Waals surface area contributed by atoms with Gasteiger partial charge in [-0.05, 0) is 48.9 Å². The van der Waals surface area contributed by atoms with Crippen molar-refractivity contribution in [1.82, 2.24) is 0 Å². The number of benzene rings is 1. The lowest BCUT2D eigenvalue weighted by Crippen LogP contribution is -2.47. The molecule has 100 valence electrons. The van der Waals surface area contributed by atoms with E-state index in [9.17, 15) is 0 Å². The Labute approximate surface area is 111 Å². The van der Waals surface area contributed by atoms with Gasteiger partial charge in [0, 0.05) is 5.41 Å². The minimum atomic E-state index is 0.231. The van der Waals surface area contributed by atoms with E-state index in [-0.39, 0.29) is 5.41 Å². The molecule has 1 aliphatic rings. The zero-order valence-corrected chi connectivity index (χ0v) is 11.8. The second-order valence-corrected chi connectivity index (χ2v) is 5.89. The Morgan fingerprint density at radius 1 is 1.33 bits per heavy atom. The average molecular weight is 247 g/mol. The summed E-state index contributed by atoms with van der Waals surface area (Å²) < 4.78 is 5.50. The zero-order valence-electron chi connectivity index (χ0n) is 11.8. The van der Waals surface area contributed by atoms with Crippen LogP contribution >= 0.6 is 0 Å². The number of hydrogen-bond donors (Lipinski definition) is 1. The van der Waals surface area contributed by atoms with Crippen LogP contribution in [-0.2, 0) is 10.2 Å². The van der Waals surface area contributed by atoms with Crippen LogP contribution in [0.15, 0.2) is 18.2 Å². The van der Waals surface area contributed by atoms with Gasteiger partial charge in [-0.25, -0.2) is 0 Å². The minimum absolute atomic E-state index is 0.231. The third-order valence-electron chi connectivity index (χ3n) is 4.12. The van der Waals surface area contributed by atoms with Gasteiger partial charge in [0.1, 0.15) is 0 Å². The molecule has 2 nitrogen and oxygen atoms in total. The number of aryl methyl sites for hydroxylation is 1. The highest BCUT2D eigenvalue weighted by Gasteiger charge is 2.40. The van der Waals surface area contributed by atoms with Gasteiger partial charge in [0.2, 0.25) is 0 Å². The van der Waals surface area contributed by atoms with Crippen molar-refractivity contribution in [3.05, 3.63) is 34.9 Å². The van der Waals surface area contributed by atoms with Crippen molar-refractivity contribution < 1.29 is 4.74 Å². The van der Waals surface area contributed by atoms with Crippen molar-refractivity contribution in [3.8, 4) is 0 Å². The number of hydrogen-bond acceptors (Lipinski definition) is 2. The third kappa shape index (κ3) is 2.45. The Bertz CT molecular complexity index is 408. The van der Waals surface area contributed by atoms with Gasteiger partial charge in [-0.1, -0.05) is 32.0 Å². The van der Waals surface area contributed by atoms with E-state index in [0.29, 0.717) is 5.92 Å². The van der Waals surface area contributed by atoms with Crippen molar-refractivity contribution in [2.45, 2.75) is 44.9 Å². The van der Waals surface area contributed by atoms with Crippen LogP contribution in [0.5, 0.6) is 0 Å². The second-order valence-electron chi connectivity index (χ2n) is 5.89. The summed E-state index contributed by atoms with van der Waals surface area (Å²) in [7, 11) is 0. The van der Waals surface area contributed by atoms with Crippen LogP contribution < -0.4 is 5.73 Å². The van der Waals surface area contributed by atoms with E-state index in [1.54, 1.807) is 0 Å². The standard InChI is InChI=1S/C16H25NO/c1-12(2)14-6-5-13(3)15(9-14)16(7-4-8-17)10-18-11-16/h5-6,9,12H,4,7-8,10-11,17H2,1-3H3. The molecule has 0 atom stereocenters. The van der Waals surface area contributed by atoms with E-state index in [1.807, 2.05) is 0 Å². The summed E-state index contributed by atoms with van der Waals surface area (Å²) in [5, 5.41) is 0. The molecule has 1 fully saturated rings. The van der Waals surface area contributed by atoms with Crippen LogP contribution in [0.1, 0.15) is 49.3 Å². The lowest BCUT2D eigenvalue weighted by Gasteiger charge is -2.43. The maximum absolute atomic E-state index is 5.67. The fourth-order valence-electron chi connectivity index (χ4n) is 2.79. The fourth-order valence-corrected chi connectivity index (χ4v) is 2.79. The molecule has 0 amide bonds. The molecule has 0 unspecified atom stereocenters. The van der Waals surface area contributed by atoms with E-state index >= 15 is 0 Å². The number of nitrogens with two attached hydrogens (primary N) is 1. The number of ether oxygens (including phenoxy) is 1. The van der Waals surface area contributed by atoms with E-state index in [4.69, 9.17) is 10.5 Å². The molecule has 1 aromatic rings. The quantitative estimate of drug-likeness (QED) is 0.867. The van der Waals surface area contributed by atoms with Gasteiger partial charge in [0.25, 0.3) is 0 Å². The molecule has 2 rings (SSSR count). The summed E-state index contributed by atoms with van der Waals surface area (Å²) in [6, 6.07) is 6.89. The van der Waals surface area contributed by atoms with Gasteiger partial charge in [-0.3, -0.25) is 0 Å². The molecule has 0 radical (unpaired) electrons. The first-order valence-corrected chi connectivity index (χ1v) is 6.98. The molecular formula is C16H25NO. The van der Waals surface area contributed by atoms with Crippen LogP contribution in [0.3, 0.4) is 0 Å². The summed E-state index contributed by atoms with van der Waals surface area (Å²) in [5.74, 6) is 0.580. The molecule has 0 spiro atoms. The van der Waals surface area contributed by atoms with Crippen molar-refractivity contribution in [3.63, 3.8) is 0 Å². The van der Waals surface area contributed by atoms with Crippen LogP contribution in [0.2, 0.25) is 0 Å². The van der Waals surface area contributed by atoms with Gasteiger partial charge >= 0.3 is 0 Å². The van der Waals surface area contributed by atoms with Crippen molar-refractivity contribution in [1.29, 1.82) is 0 Å². The summed E-state index contributed by atoms with van der Waals surface area (Å²) in [5.41, 5.74) is 10.2. The Morgan fingerprint density at radius 2 is 2.06 bits per heavy atom. The molecule has 1 heterocycles. The van der Waals surface area contributed by atoms with Crippen LogP contribution in [0.25, 0.3) is 0 Å². The maximum Gasteiger partial charge on any atom is 0.0585 e. The monoisotopic (exact) mass is 247 g/mol. The molecule has 0 saturated carbocycles. The highest BCUT2D eigenvalue weighted by molar-refractivity contribution is 5.39. The first-order chi connectivity index (χ1) is 8.59. The van der Waals surface area contributed by atoms with Gasteiger partial charge < -0.3 is 10.5 Å². The van der Waals surface area contributed by atoms with E-state index in [2.05, 4.69) is 39.0 Å². The van der Waals surface area contributed by atoms with Gasteiger partial charge in [-0.15, -0.1) is 0 Å². The third-order valence-corrected chi connectivity index (χ3v) is 4.12. The Balaban J connectivity index is 2.32. The van der Waals surface area contributed by atoms with E-state index in [1.165, 1.54) is 16.7 Å². The molecule has 0 bridgehead atoms. The molecule has 0 aliphatic carbocycles. The van der Waals surface area contributed by atoms with E-state index < -0.39 is 0 Å². The predicted octanol–water partition coefficient (Wildman–Crippen LogP) is 3.13. The molecule has 1 aromatic carbocycles. The highest BCUT2D eigenvalue weighted by Crippen LogP contribution is 2.39. The molecule has 2 heteroatoms. The maximum atomic E-state index is 5.67. The van der Waals surface area contributed by atoms with Gasteiger partial charge in [-0.2, -0.15) is 0 Å². The van der Waals surface area contributed by atoms with Crippen molar-refractivity contribution >= 4 is 0 Å². The summed E-state index contributed by atoms with van der Waals surface area (Å²) in [6.07, 6.45) is 2.22. The number of rotatable bonds is 5. The SMILES string of the molecule is Cc1ccc(C(C)C)cc1C1(CCCN)COC1. The molecule has 2 N–H and O–H groups in total. The summed E-state index contributed by atoms with van der Waals surface area (Å²) >= 11 is 0. The van der Waals surface area contributed by atoms with Crippen molar-refractivity contribution in [2.24, 2.45) is 5.73 Å². The summed E-state index contributed by atoms with van der Waals surface area (Å²) in [6.45, 7) is 9.19. The molecule has 1 saturated heterocycles. The van der Waals surface area contributed by atoms with Crippen LogP contribution in [0.4, 0.5) is 0 Å². The van der Waals surface area contributed by atoms with E-state index in [0.717, 1.165) is 32.6 Å². The van der Waals surface area contributed by atoms with Crippen LogP contribution in [0, 0.1) is 6.92 Å². The first-order valence-electron chi connectivity index (χ1n) is 6.98. The first kappa shape index (κ1) is 13.6. The minimum Gasteiger partial charge on any atom is -0.379 e. The van der Waals surface area contributed by atoms with Gasteiger partial charge in [0.05, 0.1) is 13.2 Å². The average Bonchev–Trinajstić information content (AvgIpc) is 2.29. The molecule has 0 aromatic heterocycles. The lowest BCUT2D eigenvalue weighted by molar-refractivity contribution is -0.0652. The van der Waals surface area contributed by atoms with Crippen LogP contribution in [-0.4, -0.2) is 19.8 Å². The smallest absolute Gasteiger partial charge is 0.0585 e. The lowest BCUT2D eigenvalue weighted by atomic mass is 9.72. The molecule has 1 aliphatic heterocycles. The Morgan fingerprint density at radius 3 is 2.56 bits per heavy atom. The zero-order chi connectivity index (χ0) is 13.2.